The molecule has 8 heteroatoms. The third-order valence-corrected chi connectivity index (χ3v) is 5.63. The Labute approximate surface area is 187 Å². The van der Waals surface area contributed by atoms with Gasteiger partial charge in [0, 0.05) is 51.3 Å². The van der Waals surface area contributed by atoms with Crippen LogP contribution in [-0.4, -0.2) is 71.7 Å². The summed E-state index contributed by atoms with van der Waals surface area (Å²) in [6.45, 7) is 4.53. The standard InChI is InChI=1S/C24H29FN4O3/c1-18-7-8-20(15-21(18)25)24(32)28-13-11-27(12-14-28)17-23(31)29(10-9-22(26)30)16-19-5-3-2-4-6-19/h2-8,15H,9-14,16-17H2,1H3,(H2,26,30). The van der Waals surface area contributed by atoms with E-state index in [1.54, 1.807) is 28.9 Å². The molecular weight excluding hydrogens is 411 g/mol. The van der Waals surface area contributed by atoms with E-state index in [0.717, 1.165) is 5.56 Å². The monoisotopic (exact) mass is 440 g/mol. The molecule has 32 heavy (non-hydrogen) atoms. The lowest BCUT2D eigenvalue weighted by Crippen LogP contribution is -2.51. The Bertz CT molecular complexity index is 959. The number of halogens is 1. The van der Waals surface area contributed by atoms with Crippen molar-refractivity contribution in [2.75, 3.05) is 39.3 Å². The average molecular weight is 441 g/mol. The third-order valence-electron chi connectivity index (χ3n) is 5.63. The Balaban J connectivity index is 1.55. The van der Waals surface area contributed by atoms with Crippen LogP contribution in [0.4, 0.5) is 4.39 Å². The van der Waals surface area contributed by atoms with Crippen LogP contribution < -0.4 is 5.73 Å². The molecule has 1 aliphatic rings. The molecule has 2 aromatic carbocycles. The van der Waals surface area contributed by atoms with Crippen LogP contribution in [0.15, 0.2) is 48.5 Å². The van der Waals surface area contributed by atoms with E-state index < -0.39 is 11.7 Å². The van der Waals surface area contributed by atoms with Crippen LogP contribution in [0.5, 0.6) is 0 Å². The van der Waals surface area contributed by atoms with Crippen LogP contribution in [0.1, 0.15) is 27.9 Å². The maximum absolute atomic E-state index is 13.8. The van der Waals surface area contributed by atoms with Crippen molar-refractivity contribution in [3.05, 3.63) is 71.0 Å². The molecule has 0 saturated carbocycles. The van der Waals surface area contributed by atoms with Crippen LogP contribution >= 0.6 is 0 Å². The van der Waals surface area contributed by atoms with Crippen molar-refractivity contribution < 1.29 is 18.8 Å². The summed E-state index contributed by atoms with van der Waals surface area (Å²) in [4.78, 5) is 42.2. The van der Waals surface area contributed by atoms with E-state index in [1.807, 2.05) is 35.2 Å². The minimum Gasteiger partial charge on any atom is -0.370 e. The first-order chi connectivity index (χ1) is 15.3. The topological polar surface area (TPSA) is 87.0 Å². The number of benzene rings is 2. The maximum atomic E-state index is 13.8. The van der Waals surface area contributed by atoms with E-state index in [9.17, 15) is 18.8 Å². The quantitative estimate of drug-likeness (QED) is 0.678. The van der Waals surface area contributed by atoms with Gasteiger partial charge in [0.25, 0.3) is 5.91 Å². The molecule has 1 aliphatic heterocycles. The average Bonchev–Trinajstić information content (AvgIpc) is 2.79. The normalized spacial score (nSPS) is 14.2. The number of hydrogen-bond acceptors (Lipinski definition) is 4. The predicted octanol–water partition coefficient (Wildman–Crippen LogP) is 1.80. The minimum atomic E-state index is -0.449. The molecule has 0 unspecified atom stereocenters. The number of piperazine rings is 1. The fourth-order valence-corrected chi connectivity index (χ4v) is 3.65. The van der Waals surface area contributed by atoms with Gasteiger partial charge in [0.05, 0.1) is 6.54 Å². The highest BCUT2D eigenvalue weighted by molar-refractivity contribution is 5.94. The van der Waals surface area contributed by atoms with Crippen molar-refractivity contribution in [2.24, 2.45) is 5.73 Å². The number of nitrogens with zero attached hydrogens (tertiary/aromatic N) is 3. The Kier molecular flexibility index (Phi) is 7.94. The van der Waals surface area contributed by atoms with Crippen LogP contribution in [0.25, 0.3) is 0 Å². The highest BCUT2D eigenvalue weighted by Crippen LogP contribution is 2.14. The molecule has 0 atom stereocenters. The van der Waals surface area contributed by atoms with Crippen LogP contribution in [-0.2, 0) is 16.1 Å². The first kappa shape index (κ1) is 23.4. The second kappa shape index (κ2) is 10.9. The largest absolute Gasteiger partial charge is 0.370 e. The number of nitrogens with two attached hydrogens (primary N) is 1. The molecule has 0 aliphatic carbocycles. The van der Waals surface area contributed by atoms with E-state index in [0.29, 0.717) is 43.9 Å². The smallest absolute Gasteiger partial charge is 0.254 e. The Hall–Kier alpha value is -3.26. The summed E-state index contributed by atoms with van der Waals surface area (Å²) < 4.78 is 13.8. The second-order valence-electron chi connectivity index (χ2n) is 8.05. The summed E-state index contributed by atoms with van der Waals surface area (Å²) in [5.41, 5.74) is 7.09. The number of amides is 3. The van der Waals surface area contributed by atoms with Gasteiger partial charge in [0.1, 0.15) is 5.82 Å². The molecule has 0 aromatic heterocycles. The number of rotatable bonds is 8. The summed E-state index contributed by atoms with van der Waals surface area (Å²) in [7, 11) is 0. The molecule has 0 spiro atoms. The lowest BCUT2D eigenvalue weighted by atomic mass is 10.1. The van der Waals surface area contributed by atoms with E-state index in [1.165, 1.54) is 6.07 Å². The van der Waals surface area contributed by atoms with Gasteiger partial charge < -0.3 is 15.5 Å². The lowest BCUT2D eigenvalue weighted by Gasteiger charge is -2.35. The number of hydrogen-bond donors (Lipinski definition) is 1. The summed E-state index contributed by atoms with van der Waals surface area (Å²) in [6, 6.07) is 14.1. The van der Waals surface area contributed by atoms with Crippen LogP contribution in [0.3, 0.4) is 0 Å². The molecule has 0 radical (unpaired) electrons. The first-order valence-electron chi connectivity index (χ1n) is 10.7. The zero-order valence-corrected chi connectivity index (χ0v) is 18.3. The molecular formula is C24H29FN4O3. The molecule has 7 nitrogen and oxygen atoms in total. The molecule has 1 heterocycles. The van der Waals surface area contributed by atoms with E-state index in [-0.39, 0.29) is 31.3 Å². The van der Waals surface area contributed by atoms with E-state index >= 15 is 0 Å². The molecule has 170 valence electrons. The Morgan fingerprint density at radius 2 is 1.72 bits per heavy atom. The van der Waals surface area contributed by atoms with Gasteiger partial charge in [-0.25, -0.2) is 4.39 Å². The lowest BCUT2D eigenvalue weighted by molar-refractivity contribution is -0.133. The number of carbonyl (C=O) groups is 3. The van der Waals surface area contributed by atoms with Crippen LogP contribution in [0.2, 0.25) is 0 Å². The highest BCUT2D eigenvalue weighted by Gasteiger charge is 2.25. The van der Waals surface area contributed by atoms with E-state index in [4.69, 9.17) is 5.73 Å². The highest BCUT2D eigenvalue weighted by atomic mass is 19.1. The van der Waals surface area contributed by atoms with Gasteiger partial charge in [-0.05, 0) is 30.2 Å². The summed E-state index contributed by atoms with van der Waals surface area (Å²) in [6.07, 6.45) is 0.105. The summed E-state index contributed by atoms with van der Waals surface area (Å²) in [5, 5.41) is 0. The maximum Gasteiger partial charge on any atom is 0.254 e. The van der Waals surface area contributed by atoms with Crippen molar-refractivity contribution in [3.63, 3.8) is 0 Å². The van der Waals surface area contributed by atoms with Gasteiger partial charge in [0.15, 0.2) is 0 Å². The van der Waals surface area contributed by atoms with E-state index in [2.05, 4.69) is 0 Å². The molecule has 2 N–H and O–H groups in total. The molecule has 3 amide bonds. The van der Waals surface area contributed by atoms with Crippen molar-refractivity contribution in [3.8, 4) is 0 Å². The SMILES string of the molecule is Cc1ccc(C(=O)N2CCN(CC(=O)N(CCC(N)=O)Cc3ccccc3)CC2)cc1F. The van der Waals surface area contributed by atoms with Crippen molar-refractivity contribution in [1.82, 2.24) is 14.7 Å². The molecule has 1 saturated heterocycles. The zero-order valence-electron chi connectivity index (χ0n) is 18.3. The van der Waals surface area contributed by atoms with Gasteiger partial charge >= 0.3 is 0 Å². The van der Waals surface area contributed by atoms with Gasteiger partial charge in [-0.15, -0.1) is 0 Å². The van der Waals surface area contributed by atoms with Crippen LogP contribution in [0, 0.1) is 12.7 Å². The minimum absolute atomic E-state index is 0.0875. The third kappa shape index (κ3) is 6.37. The molecule has 2 aromatic rings. The fraction of sp³-hybridized carbons (Fsp3) is 0.375. The second-order valence-corrected chi connectivity index (χ2v) is 8.05. The first-order valence-corrected chi connectivity index (χ1v) is 10.7. The van der Waals surface area contributed by atoms with Gasteiger partial charge in [-0.2, -0.15) is 0 Å². The number of carbonyl (C=O) groups excluding carboxylic acids is 3. The van der Waals surface area contributed by atoms with Crippen molar-refractivity contribution in [1.29, 1.82) is 0 Å². The van der Waals surface area contributed by atoms with Crippen molar-refractivity contribution >= 4 is 17.7 Å². The number of aryl methyl sites for hydroxylation is 1. The van der Waals surface area contributed by atoms with Crippen molar-refractivity contribution in [2.45, 2.75) is 19.9 Å². The summed E-state index contributed by atoms with van der Waals surface area (Å²) >= 11 is 0. The predicted molar refractivity (Wildman–Crippen MR) is 119 cm³/mol. The zero-order chi connectivity index (χ0) is 23.1. The van der Waals surface area contributed by atoms with Gasteiger partial charge in [-0.1, -0.05) is 36.4 Å². The molecule has 0 bridgehead atoms. The Morgan fingerprint density at radius 1 is 1.03 bits per heavy atom. The fourth-order valence-electron chi connectivity index (χ4n) is 3.65. The summed E-state index contributed by atoms with van der Waals surface area (Å²) in [5.74, 6) is -1.14. The Morgan fingerprint density at radius 3 is 2.34 bits per heavy atom. The van der Waals surface area contributed by atoms with Gasteiger partial charge in [0.2, 0.25) is 11.8 Å². The molecule has 1 fully saturated rings. The number of primary amides is 1. The molecule has 3 rings (SSSR count). The van der Waals surface area contributed by atoms with Gasteiger partial charge in [-0.3, -0.25) is 19.3 Å².